The predicted molar refractivity (Wildman–Crippen MR) is 89.1 cm³/mol. The van der Waals surface area contributed by atoms with Crippen LogP contribution in [-0.4, -0.2) is 18.8 Å². The van der Waals surface area contributed by atoms with E-state index < -0.39 is 5.97 Å². The maximum atomic E-state index is 12.1. The van der Waals surface area contributed by atoms with Gasteiger partial charge < -0.3 is 9.57 Å². The van der Waals surface area contributed by atoms with Gasteiger partial charge in [0.15, 0.2) is 0 Å². The number of fused-ring (bicyclic) bond motifs is 1. The number of ether oxygens (including phenoxy) is 1. The molecule has 0 radical (unpaired) electrons. The van der Waals surface area contributed by atoms with E-state index in [0.717, 1.165) is 41.9 Å². The molecule has 0 saturated heterocycles. The van der Waals surface area contributed by atoms with Gasteiger partial charge in [-0.05, 0) is 62.1 Å². The highest BCUT2D eigenvalue weighted by Gasteiger charge is 2.17. The zero-order valence-corrected chi connectivity index (χ0v) is 13.3. The average molecular weight is 309 g/mol. The topological polar surface area (TPSA) is 47.9 Å². The van der Waals surface area contributed by atoms with Crippen LogP contribution in [0.5, 0.6) is 5.75 Å². The molecule has 1 aliphatic carbocycles. The van der Waals surface area contributed by atoms with E-state index in [9.17, 15) is 4.79 Å². The molecule has 0 atom stereocenters. The number of carbonyl (C=O) groups is 1. The molecule has 0 fully saturated rings. The molecule has 0 aliphatic heterocycles. The lowest BCUT2D eigenvalue weighted by atomic mass is 9.90. The van der Waals surface area contributed by atoms with E-state index in [0.29, 0.717) is 5.56 Å². The summed E-state index contributed by atoms with van der Waals surface area (Å²) in [6.45, 7) is 1.97. The number of hydrogen-bond acceptors (Lipinski definition) is 4. The van der Waals surface area contributed by atoms with Gasteiger partial charge in [0, 0.05) is 5.56 Å². The number of hydrogen-bond donors (Lipinski definition) is 0. The van der Waals surface area contributed by atoms with Gasteiger partial charge >= 0.3 is 5.97 Å². The summed E-state index contributed by atoms with van der Waals surface area (Å²) in [6, 6.07) is 13.2. The van der Waals surface area contributed by atoms with Crippen LogP contribution in [0.15, 0.2) is 47.6 Å². The monoisotopic (exact) mass is 309 g/mol. The van der Waals surface area contributed by atoms with E-state index in [4.69, 9.17) is 9.57 Å². The zero-order chi connectivity index (χ0) is 16.2. The molecule has 4 nitrogen and oxygen atoms in total. The number of aryl methyl sites for hydroxylation is 2. The van der Waals surface area contributed by atoms with E-state index >= 15 is 0 Å². The molecule has 2 aromatic rings. The Morgan fingerprint density at radius 1 is 1.09 bits per heavy atom. The van der Waals surface area contributed by atoms with E-state index in [-0.39, 0.29) is 0 Å². The van der Waals surface area contributed by atoms with Crippen molar-refractivity contribution in [3.8, 4) is 5.75 Å². The summed E-state index contributed by atoms with van der Waals surface area (Å²) in [5, 5.41) is 4.11. The number of oxime groups is 1. The highest BCUT2D eigenvalue weighted by Crippen LogP contribution is 2.26. The molecule has 0 unspecified atom stereocenters. The van der Waals surface area contributed by atoms with E-state index in [1.807, 2.05) is 37.3 Å². The van der Waals surface area contributed by atoms with Crippen LogP contribution in [0.4, 0.5) is 0 Å². The van der Waals surface area contributed by atoms with Crippen molar-refractivity contribution >= 4 is 11.7 Å². The van der Waals surface area contributed by atoms with Crippen LogP contribution in [-0.2, 0) is 11.3 Å². The first-order valence-electron chi connectivity index (χ1n) is 7.69. The Morgan fingerprint density at radius 3 is 2.61 bits per heavy atom. The second-order valence-electron chi connectivity index (χ2n) is 5.66. The maximum Gasteiger partial charge on any atom is 0.365 e. The zero-order valence-electron chi connectivity index (χ0n) is 13.3. The number of carbonyl (C=O) groups excluding carboxylic acids is 1. The van der Waals surface area contributed by atoms with Gasteiger partial charge in [0.25, 0.3) is 0 Å². The predicted octanol–water partition coefficient (Wildman–Crippen LogP) is 3.90. The summed E-state index contributed by atoms with van der Waals surface area (Å²) in [5.74, 6) is 0.403. The summed E-state index contributed by atoms with van der Waals surface area (Å²) in [5.41, 5.74) is 4.64. The Hall–Kier alpha value is -2.62. The van der Waals surface area contributed by atoms with Crippen molar-refractivity contribution in [2.24, 2.45) is 5.16 Å². The molecule has 0 saturated carbocycles. The van der Waals surface area contributed by atoms with Crippen molar-refractivity contribution in [2.45, 2.75) is 26.2 Å². The minimum absolute atomic E-state index is 0.432. The summed E-state index contributed by atoms with van der Waals surface area (Å²) in [6.07, 6.45) is 2.78. The van der Waals surface area contributed by atoms with Crippen LogP contribution in [0.3, 0.4) is 0 Å². The summed E-state index contributed by atoms with van der Waals surface area (Å²) < 4.78 is 5.26. The standard InChI is InChI=1S/C19H19NO3/c1-13-6-8-14(9-7-13)19(21)23-20-18-5-3-4-15-12-16(22-2)10-11-17(15)18/h6-12H,3-5H2,1-2H3/b20-18-. The third-order valence-corrected chi connectivity index (χ3v) is 4.01. The third kappa shape index (κ3) is 3.42. The SMILES string of the molecule is COc1ccc2c(c1)CCC/C2=N/OC(=O)c1ccc(C)cc1. The molecule has 0 aromatic heterocycles. The highest BCUT2D eigenvalue weighted by atomic mass is 16.7. The number of methoxy groups -OCH3 is 1. The lowest BCUT2D eigenvalue weighted by molar-refractivity contribution is 0.0515. The van der Waals surface area contributed by atoms with Crippen LogP contribution < -0.4 is 4.74 Å². The molecular weight excluding hydrogens is 290 g/mol. The Morgan fingerprint density at radius 2 is 1.87 bits per heavy atom. The van der Waals surface area contributed by atoms with Crippen molar-refractivity contribution in [2.75, 3.05) is 7.11 Å². The van der Waals surface area contributed by atoms with E-state index in [1.54, 1.807) is 19.2 Å². The maximum absolute atomic E-state index is 12.1. The first kappa shape index (κ1) is 15.3. The summed E-state index contributed by atoms with van der Waals surface area (Å²) in [7, 11) is 1.66. The Kier molecular flexibility index (Phi) is 4.42. The molecule has 118 valence electrons. The Labute approximate surface area is 135 Å². The molecule has 0 spiro atoms. The van der Waals surface area contributed by atoms with Gasteiger partial charge in [-0.15, -0.1) is 0 Å². The third-order valence-electron chi connectivity index (χ3n) is 4.01. The lowest BCUT2D eigenvalue weighted by Gasteiger charge is -2.17. The molecule has 0 bridgehead atoms. The van der Waals surface area contributed by atoms with Gasteiger partial charge in [0.2, 0.25) is 0 Å². The van der Waals surface area contributed by atoms with E-state index in [1.165, 1.54) is 5.56 Å². The molecule has 0 N–H and O–H groups in total. The van der Waals surface area contributed by atoms with E-state index in [2.05, 4.69) is 5.16 Å². The van der Waals surface area contributed by atoms with Crippen LogP contribution in [0.25, 0.3) is 0 Å². The van der Waals surface area contributed by atoms with Crippen molar-refractivity contribution in [3.05, 3.63) is 64.7 Å². The smallest absolute Gasteiger partial charge is 0.365 e. The van der Waals surface area contributed by atoms with Gasteiger partial charge in [0.1, 0.15) is 5.75 Å². The molecule has 0 heterocycles. The van der Waals surface area contributed by atoms with Crippen molar-refractivity contribution in [3.63, 3.8) is 0 Å². The molecule has 0 amide bonds. The normalized spacial score (nSPS) is 15.1. The fraction of sp³-hybridized carbons (Fsp3) is 0.263. The number of rotatable bonds is 3. The summed E-state index contributed by atoms with van der Waals surface area (Å²) in [4.78, 5) is 17.2. The van der Waals surface area contributed by atoms with Crippen molar-refractivity contribution < 1.29 is 14.4 Å². The van der Waals surface area contributed by atoms with Crippen LogP contribution in [0.1, 0.15) is 39.9 Å². The quantitative estimate of drug-likeness (QED) is 0.638. The minimum atomic E-state index is -0.432. The number of benzene rings is 2. The minimum Gasteiger partial charge on any atom is -0.497 e. The van der Waals surface area contributed by atoms with Crippen LogP contribution in [0.2, 0.25) is 0 Å². The fourth-order valence-corrected chi connectivity index (χ4v) is 2.70. The fourth-order valence-electron chi connectivity index (χ4n) is 2.70. The van der Waals surface area contributed by atoms with Gasteiger partial charge in [-0.3, -0.25) is 0 Å². The molecule has 23 heavy (non-hydrogen) atoms. The second-order valence-corrected chi connectivity index (χ2v) is 5.66. The molecular formula is C19H19NO3. The lowest BCUT2D eigenvalue weighted by Crippen LogP contribution is -2.13. The molecule has 3 rings (SSSR count). The molecule has 4 heteroatoms. The van der Waals surface area contributed by atoms with Gasteiger partial charge in [0.05, 0.1) is 18.4 Å². The first-order chi connectivity index (χ1) is 11.2. The van der Waals surface area contributed by atoms with Gasteiger partial charge in [-0.1, -0.05) is 22.9 Å². The Bertz CT molecular complexity index is 748. The molecule has 1 aliphatic rings. The summed E-state index contributed by atoms with van der Waals surface area (Å²) >= 11 is 0. The largest absolute Gasteiger partial charge is 0.497 e. The number of nitrogens with zero attached hydrogens (tertiary/aromatic N) is 1. The van der Waals surface area contributed by atoms with Crippen LogP contribution >= 0.6 is 0 Å². The second kappa shape index (κ2) is 6.65. The van der Waals surface area contributed by atoms with Crippen LogP contribution in [0, 0.1) is 6.92 Å². The van der Waals surface area contributed by atoms with Crippen molar-refractivity contribution in [1.82, 2.24) is 0 Å². The van der Waals surface area contributed by atoms with Gasteiger partial charge in [-0.2, -0.15) is 0 Å². The molecule has 2 aromatic carbocycles. The highest BCUT2D eigenvalue weighted by molar-refractivity contribution is 6.03. The Balaban J connectivity index is 1.79. The van der Waals surface area contributed by atoms with Gasteiger partial charge in [-0.25, -0.2) is 4.79 Å². The van der Waals surface area contributed by atoms with Crippen molar-refractivity contribution in [1.29, 1.82) is 0 Å². The average Bonchev–Trinajstić information content (AvgIpc) is 2.59. The first-order valence-corrected chi connectivity index (χ1v) is 7.69.